The number of hydrogen-bond acceptors (Lipinski definition) is 4. The number of methoxy groups -OCH3 is 1. The molecule has 0 aliphatic heterocycles. The molecule has 0 saturated heterocycles. The van der Waals surface area contributed by atoms with E-state index < -0.39 is 0 Å². The van der Waals surface area contributed by atoms with E-state index in [1.165, 1.54) is 0 Å². The van der Waals surface area contributed by atoms with Crippen molar-refractivity contribution in [2.75, 3.05) is 53.2 Å². The van der Waals surface area contributed by atoms with Crippen molar-refractivity contribution in [1.29, 1.82) is 0 Å². The summed E-state index contributed by atoms with van der Waals surface area (Å²) in [7, 11) is 1.67. The highest BCUT2D eigenvalue weighted by Crippen LogP contribution is 2.14. The molecule has 0 saturated carbocycles. The van der Waals surface area contributed by atoms with E-state index in [0.717, 1.165) is 44.1 Å². The van der Waals surface area contributed by atoms with Crippen LogP contribution in [0.15, 0.2) is 35.3 Å². The quantitative estimate of drug-likeness (QED) is 0.287. The highest BCUT2D eigenvalue weighted by Gasteiger charge is 2.09. The number of aliphatic hydroxyl groups excluding tert-OH is 1. The summed E-state index contributed by atoms with van der Waals surface area (Å²) >= 11 is 0. The van der Waals surface area contributed by atoms with Crippen LogP contribution in [0.25, 0.3) is 0 Å². The van der Waals surface area contributed by atoms with Crippen LogP contribution < -0.4 is 10.6 Å². The predicted molar refractivity (Wildman–Crippen MR) is 102 cm³/mol. The van der Waals surface area contributed by atoms with Gasteiger partial charge in [0.1, 0.15) is 0 Å². The Labute approximate surface area is 151 Å². The summed E-state index contributed by atoms with van der Waals surface area (Å²) in [5.74, 6) is 0.808. The van der Waals surface area contributed by atoms with Crippen LogP contribution >= 0.6 is 0 Å². The lowest BCUT2D eigenvalue weighted by Gasteiger charge is -2.15. The van der Waals surface area contributed by atoms with Crippen LogP contribution in [-0.4, -0.2) is 64.2 Å². The average Bonchev–Trinajstić information content (AvgIpc) is 2.65. The van der Waals surface area contributed by atoms with Gasteiger partial charge in [-0.05, 0) is 25.3 Å². The SMILES string of the molecule is CCNC(=NCC(CO)c1ccccc1)NCCCCOCCOC. The summed E-state index contributed by atoms with van der Waals surface area (Å²) in [4.78, 5) is 4.61. The lowest BCUT2D eigenvalue weighted by molar-refractivity contribution is 0.0689. The topological polar surface area (TPSA) is 75.1 Å². The smallest absolute Gasteiger partial charge is 0.191 e. The van der Waals surface area contributed by atoms with Crippen molar-refractivity contribution in [2.45, 2.75) is 25.7 Å². The number of nitrogens with one attached hydrogen (secondary N) is 2. The molecule has 0 amide bonds. The summed E-state index contributed by atoms with van der Waals surface area (Å²) in [6, 6.07) is 10.0. The zero-order valence-corrected chi connectivity index (χ0v) is 15.5. The van der Waals surface area contributed by atoms with Gasteiger partial charge in [0.15, 0.2) is 5.96 Å². The molecule has 1 aromatic rings. The van der Waals surface area contributed by atoms with Crippen molar-refractivity contribution in [3.63, 3.8) is 0 Å². The van der Waals surface area contributed by atoms with Gasteiger partial charge >= 0.3 is 0 Å². The molecule has 6 heteroatoms. The van der Waals surface area contributed by atoms with E-state index in [4.69, 9.17) is 9.47 Å². The van der Waals surface area contributed by atoms with E-state index in [1.54, 1.807) is 7.11 Å². The van der Waals surface area contributed by atoms with Crippen LogP contribution in [0.4, 0.5) is 0 Å². The fraction of sp³-hybridized carbons (Fsp3) is 0.632. The number of ether oxygens (including phenoxy) is 2. The first-order valence-corrected chi connectivity index (χ1v) is 9.06. The third kappa shape index (κ3) is 10.1. The third-order valence-corrected chi connectivity index (χ3v) is 3.75. The number of guanidine groups is 1. The van der Waals surface area contributed by atoms with Crippen molar-refractivity contribution < 1.29 is 14.6 Å². The lowest BCUT2D eigenvalue weighted by Crippen LogP contribution is -2.38. The molecular weight excluding hydrogens is 318 g/mol. The minimum absolute atomic E-state index is 0.0193. The van der Waals surface area contributed by atoms with E-state index in [1.807, 2.05) is 37.3 Å². The Kier molecular flexibility index (Phi) is 12.6. The van der Waals surface area contributed by atoms with Crippen molar-refractivity contribution in [3.8, 4) is 0 Å². The maximum absolute atomic E-state index is 9.62. The van der Waals surface area contributed by atoms with E-state index in [9.17, 15) is 5.11 Å². The van der Waals surface area contributed by atoms with Gasteiger partial charge in [-0.2, -0.15) is 0 Å². The molecule has 1 atom stereocenters. The van der Waals surface area contributed by atoms with E-state index >= 15 is 0 Å². The molecule has 25 heavy (non-hydrogen) atoms. The van der Waals surface area contributed by atoms with Crippen molar-refractivity contribution in [2.24, 2.45) is 4.99 Å². The summed E-state index contributed by atoms with van der Waals surface area (Å²) in [6.07, 6.45) is 2.01. The number of unbranched alkanes of at least 4 members (excludes halogenated alkanes) is 1. The summed E-state index contributed by atoms with van der Waals surface area (Å²) in [5, 5.41) is 16.2. The second-order valence-electron chi connectivity index (χ2n) is 5.75. The molecule has 0 radical (unpaired) electrons. The molecular formula is C19H33N3O3. The maximum atomic E-state index is 9.62. The molecule has 6 nitrogen and oxygen atoms in total. The molecule has 0 heterocycles. The minimum Gasteiger partial charge on any atom is -0.396 e. The van der Waals surface area contributed by atoms with Crippen molar-refractivity contribution in [1.82, 2.24) is 10.6 Å². The lowest BCUT2D eigenvalue weighted by atomic mass is 10.0. The van der Waals surface area contributed by atoms with Crippen LogP contribution in [0.3, 0.4) is 0 Å². The zero-order chi connectivity index (χ0) is 18.2. The van der Waals surface area contributed by atoms with Gasteiger partial charge in [-0.1, -0.05) is 30.3 Å². The van der Waals surface area contributed by atoms with Crippen LogP contribution in [0.2, 0.25) is 0 Å². The predicted octanol–water partition coefficient (Wildman–Crippen LogP) is 1.76. The maximum Gasteiger partial charge on any atom is 0.191 e. The number of benzene rings is 1. The van der Waals surface area contributed by atoms with Gasteiger partial charge in [0, 0.05) is 32.7 Å². The molecule has 3 N–H and O–H groups in total. The molecule has 0 aliphatic carbocycles. The fourth-order valence-electron chi connectivity index (χ4n) is 2.32. The van der Waals surface area contributed by atoms with Crippen molar-refractivity contribution >= 4 is 5.96 Å². The number of aliphatic imine (C=N–C) groups is 1. The summed E-state index contributed by atoms with van der Waals surface area (Å²) in [5.41, 5.74) is 1.11. The number of aliphatic hydroxyl groups is 1. The second kappa shape index (κ2) is 14.7. The van der Waals surface area contributed by atoms with Gasteiger partial charge in [-0.15, -0.1) is 0 Å². The first-order valence-electron chi connectivity index (χ1n) is 9.06. The van der Waals surface area contributed by atoms with Gasteiger partial charge in [0.2, 0.25) is 0 Å². The van der Waals surface area contributed by atoms with E-state index in [-0.39, 0.29) is 12.5 Å². The Bertz CT molecular complexity index is 454. The second-order valence-corrected chi connectivity index (χ2v) is 5.75. The van der Waals surface area contributed by atoms with Gasteiger partial charge in [-0.3, -0.25) is 4.99 Å². The van der Waals surface area contributed by atoms with Gasteiger partial charge in [0.25, 0.3) is 0 Å². The summed E-state index contributed by atoms with van der Waals surface area (Å²) < 4.78 is 10.4. The third-order valence-electron chi connectivity index (χ3n) is 3.75. The first kappa shape index (κ1) is 21.4. The van der Waals surface area contributed by atoms with Gasteiger partial charge < -0.3 is 25.2 Å². The Hall–Kier alpha value is -1.63. The summed E-state index contributed by atoms with van der Waals surface area (Å²) in [6.45, 7) is 6.37. The largest absolute Gasteiger partial charge is 0.396 e. The highest BCUT2D eigenvalue weighted by molar-refractivity contribution is 5.79. The Balaban J connectivity index is 2.33. The number of nitrogens with zero attached hydrogens (tertiary/aromatic N) is 1. The van der Waals surface area contributed by atoms with Gasteiger partial charge in [-0.25, -0.2) is 0 Å². The highest BCUT2D eigenvalue weighted by atomic mass is 16.5. The normalized spacial score (nSPS) is 12.8. The minimum atomic E-state index is 0.0193. The Morgan fingerprint density at radius 1 is 1.12 bits per heavy atom. The fourth-order valence-corrected chi connectivity index (χ4v) is 2.32. The van der Waals surface area contributed by atoms with Gasteiger partial charge in [0.05, 0.1) is 26.4 Å². The Morgan fingerprint density at radius 2 is 1.92 bits per heavy atom. The molecule has 1 unspecified atom stereocenters. The monoisotopic (exact) mass is 351 g/mol. The standard InChI is InChI=1S/C19H33N3O3/c1-3-20-19(21-11-7-8-12-25-14-13-24-2)22-15-18(16-23)17-9-5-4-6-10-17/h4-6,9-10,18,23H,3,7-8,11-16H2,1-2H3,(H2,20,21,22). The first-order chi connectivity index (χ1) is 12.3. The number of hydrogen-bond donors (Lipinski definition) is 3. The van der Waals surface area contributed by atoms with Crippen LogP contribution in [0, 0.1) is 0 Å². The van der Waals surface area contributed by atoms with Crippen molar-refractivity contribution in [3.05, 3.63) is 35.9 Å². The molecule has 0 bridgehead atoms. The Morgan fingerprint density at radius 3 is 2.60 bits per heavy atom. The van der Waals surface area contributed by atoms with E-state index in [2.05, 4.69) is 15.6 Å². The van der Waals surface area contributed by atoms with Crippen LogP contribution in [0.1, 0.15) is 31.2 Å². The van der Waals surface area contributed by atoms with E-state index in [0.29, 0.717) is 19.8 Å². The molecule has 1 rings (SSSR count). The molecule has 1 aromatic carbocycles. The molecule has 0 spiro atoms. The van der Waals surface area contributed by atoms with Crippen LogP contribution in [-0.2, 0) is 9.47 Å². The number of rotatable bonds is 13. The molecule has 0 aliphatic rings. The van der Waals surface area contributed by atoms with Crippen LogP contribution in [0.5, 0.6) is 0 Å². The molecule has 0 aromatic heterocycles. The molecule has 142 valence electrons. The average molecular weight is 351 g/mol. The molecule has 0 fully saturated rings. The zero-order valence-electron chi connectivity index (χ0n) is 15.5.